The molecule has 1 unspecified atom stereocenters. The van der Waals surface area contributed by atoms with Gasteiger partial charge in [0, 0.05) is 19.5 Å². The summed E-state index contributed by atoms with van der Waals surface area (Å²) in [7, 11) is 0. The Morgan fingerprint density at radius 3 is 2.62 bits per heavy atom. The highest BCUT2D eigenvalue weighted by atomic mass is 16.4. The van der Waals surface area contributed by atoms with Crippen molar-refractivity contribution in [2.24, 2.45) is 11.8 Å². The highest BCUT2D eigenvalue weighted by molar-refractivity contribution is 5.98. The van der Waals surface area contributed by atoms with Gasteiger partial charge >= 0.3 is 5.97 Å². The second-order valence-electron chi connectivity index (χ2n) is 6.68. The number of carbonyl (C=O) groups is 3. The highest BCUT2D eigenvalue weighted by Gasteiger charge is 2.35. The van der Waals surface area contributed by atoms with Crippen molar-refractivity contribution >= 4 is 23.5 Å². The number of carboxylic acids is 1. The van der Waals surface area contributed by atoms with E-state index in [4.69, 9.17) is 5.11 Å². The zero-order valence-corrected chi connectivity index (χ0v) is 14.5. The molecule has 1 saturated heterocycles. The molecule has 1 aliphatic heterocycles. The van der Waals surface area contributed by atoms with Gasteiger partial charge in [-0.3, -0.25) is 19.1 Å². The summed E-state index contributed by atoms with van der Waals surface area (Å²) in [5.74, 6) is -1.26. The highest BCUT2D eigenvalue weighted by Crippen LogP contribution is 2.24. The number of hydrogen-bond donors (Lipinski definition) is 2. The van der Waals surface area contributed by atoms with E-state index in [1.54, 1.807) is 18.7 Å². The third-order valence-electron chi connectivity index (χ3n) is 4.09. The molecule has 1 aromatic heterocycles. The van der Waals surface area contributed by atoms with Gasteiger partial charge in [0.1, 0.15) is 6.54 Å². The lowest BCUT2D eigenvalue weighted by Gasteiger charge is -2.18. The molecule has 1 atom stereocenters. The van der Waals surface area contributed by atoms with E-state index in [0.29, 0.717) is 36.1 Å². The van der Waals surface area contributed by atoms with Gasteiger partial charge in [0.05, 0.1) is 23.0 Å². The molecule has 0 aromatic carbocycles. The van der Waals surface area contributed by atoms with Crippen LogP contribution in [0.2, 0.25) is 0 Å². The zero-order valence-electron chi connectivity index (χ0n) is 14.5. The number of aryl methyl sites for hydroxylation is 1. The zero-order chi connectivity index (χ0) is 18.0. The molecular formula is C16H24N4O4. The summed E-state index contributed by atoms with van der Waals surface area (Å²) in [6.45, 7) is 8.30. The quantitative estimate of drug-likeness (QED) is 0.807. The number of anilines is 1. The lowest BCUT2D eigenvalue weighted by molar-refractivity contribution is -0.138. The smallest absolute Gasteiger partial charge is 0.325 e. The van der Waals surface area contributed by atoms with Crippen LogP contribution in [0.15, 0.2) is 0 Å². The number of nitrogens with zero attached hydrogens (tertiary/aromatic N) is 3. The number of rotatable bonds is 6. The molecule has 1 aliphatic rings. The van der Waals surface area contributed by atoms with E-state index >= 15 is 0 Å². The summed E-state index contributed by atoms with van der Waals surface area (Å²) in [6.07, 6.45) is 0.208. The number of amides is 2. The van der Waals surface area contributed by atoms with Crippen LogP contribution >= 0.6 is 0 Å². The number of aliphatic carboxylic acids is 1. The van der Waals surface area contributed by atoms with Crippen LogP contribution in [0.4, 0.5) is 5.69 Å². The molecule has 0 saturated carbocycles. The molecule has 132 valence electrons. The monoisotopic (exact) mass is 336 g/mol. The Hall–Kier alpha value is -2.38. The first kappa shape index (κ1) is 18.0. The van der Waals surface area contributed by atoms with Crippen LogP contribution in [0, 0.1) is 25.7 Å². The minimum atomic E-state index is -0.996. The van der Waals surface area contributed by atoms with Crippen molar-refractivity contribution in [1.29, 1.82) is 0 Å². The minimum Gasteiger partial charge on any atom is -0.480 e. The Morgan fingerprint density at radius 2 is 2.04 bits per heavy atom. The van der Waals surface area contributed by atoms with Crippen LogP contribution in [0.3, 0.4) is 0 Å². The fourth-order valence-corrected chi connectivity index (χ4v) is 2.95. The van der Waals surface area contributed by atoms with Crippen molar-refractivity contribution in [3.8, 4) is 0 Å². The van der Waals surface area contributed by atoms with Crippen LogP contribution in [0.5, 0.6) is 0 Å². The molecule has 8 heteroatoms. The maximum Gasteiger partial charge on any atom is 0.325 e. The van der Waals surface area contributed by atoms with Gasteiger partial charge in [0.25, 0.3) is 0 Å². The van der Waals surface area contributed by atoms with Crippen LogP contribution < -0.4 is 5.32 Å². The van der Waals surface area contributed by atoms with Gasteiger partial charge in [-0.05, 0) is 19.8 Å². The fourth-order valence-electron chi connectivity index (χ4n) is 2.95. The fraction of sp³-hybridized carbons (Fsp3) is 0.625. The van der Waals surface area contributed by atoms with Crippen molar-refractivity contribution in [3.63, 3.8) is 0 Å². The third kappa shape index (κ3) is 3.93. The molecule has 2 rings (SSSR count). The summed E-state index contributed by atoms with van der Waals surface area (Å²) < 4.78 is 1.35. The predicted molar refractivity (Wildman–Crippen MR) is 87.5 cm³/mol. The van der Waals surface area contributed by atoms with E-state index in [9.17, 15) is 14.4 Å². The van der Waals surface area contributed by atoms with Gasteiger partial charge < -0.3 is 15.3 Å². The van der Waals surface area contributed by atoms with Crippen molar-refractivity contribution in [2.45, 2.75) is 40.7 Å². The molecule has 8 nitrogen and oxygen atoms in total. The number of likely N-dealkylation sites (tertiary alicyclic amines) is 1. The van der Waals surface area contributed by atoms with E-state index in [2.05, 4.69) is 10.4 Å². The number of nitrogens with one attached hydrogen (secondary N) is 1. The summed E-state index contributed by atoms with van der Waals surface area (Å²) in [5.41, 5.74) is 1.67. The Balaban J connectivity index is 2.07. The summed E-state index contributed by atoms with van der Waals surface area (Å²) in [4.78, 5) is 37.1. The Labute approximate surface area is 140 Å². The van der Waals surface area contributed by atoms with E-state index in [1.165, 1.54) is 4.68 Å². The normalized spacial score (nSPS) is 17.6. The maximum absolute atomic E-state index is 12.5. The van der Waals surface area contributed by atoms with Gasteiger partial charge in [-0.15, -0.1) is 0 Å². The van der Waals surface area contributed by atoms with Crippen LogP contribution in [-0.2, 0) is 20.9 Å². The van der Waals surface area contributed by atoms with Gasteiger partial charge in [-0.25, -0.2) is 0 Å². The molecule has 0 bridgehead atoms. The Bertz CT molecular complexity index is 665. The SMILES string of the molecule is Cc1nn(CC(=O)O)c(C)c1NC(=O)C1CC(=O)N(CC(C)C)C1. The van der Waals surface area contributed by atoms with Gasteiger partial charge in [0.2, 0.25) is 11.8 Å². The molecule has 1 fully saturated rings. The van der Waals surface area contributed by atoms with Crippen molar-refractivity contribution < 1.29 is 19.5 Å². The first-order valence-electron chi connectivity index (χ1n) is 8.03. The number of hydrogen-bond acceptors (Lipinski definition) is 4. The topological polar surface area (TPSA) is 105 Å². The van der Waals surface area contributed by atoms with Crippen LogP contribution in [0.25, 0.3) is 0 Å². The standard InChI is InChI=1S/C16H24N4O4/c1-9(2)6-19-7-12(5-13(19)21)16(24)17-15-10(3)18-20(11(15)4)8-14(22)23/h9,12H,5-8H2,1-4H3,(H,17,24)(H,22,23). The van der Waals surface area contributed by atoms with E-state index in [0.717, 1.165) is 0 Å². The van der Waals surface area contributed by atoms with Crippen molar-refractivity contribution in [1.82, 2.24) is 14.7 Å². The summed E-state index contributed by atoms with van der Waals surface area (Å²) in [5, 5.41) is 15.8. The third-order valence-corrected chi connectivity index (χ3v) is 4.09. The van der Waals surface area contributed by atoms with Gasteiger partial charge in [0.15, 0.2) is 0 Å². The molecule has 0 radical (unpaired) electrons. The molecular weight excluding hydrogens is 312 g/mol. The van der Waals surface area contributed by atoms with Gasteiger partial charge in [-0.1, -0.05) is 13.8 Å². The van der Waals surface area contributed by atoms with E-state index < -0.39 is 11.9 Å². The van der Waals surface area contributed by atoms with Crippen LogP contribution in [0.1, 0.15) is 31.7 Å². The first-order valence-corrected chi connectivity index (χ1v) is 8.03. The molecule has 24 heavy (non-hydrogen) atoms. The minimum absolute atomic E-state index is 0.00105. The maximum atomic E-state index is 12.5. The molecule has 1 aromatic rings. The predicted octanol–water partition coefficient (Wildman–Crippen LogP) is 1.03. The largest absolute Gasteiger partial charge is 0.480 e. The Kier molecular flexibility index (Phi) is 5.26. The van der Waals surface area contributed by atoms with E-state index in [1.807, 2.05) is 13.8 Å². The second-order valence-corrected chi connectivity index (χ2v) is 6.68. The Morgan fingerprint density at radius 1 is 1.38 bits per heavy atom. The van der Waals surface area contributed by atoms with Crippen LogP contribution in [-0.4, -0.2) is 50.7 Å². The molecule has 2 amide bonds. The van der Waals surface area contributed by atoms with E-state index in [-0.39, 0.29) is 24.8 Å². The first-order chi connectivity index (χ1) is 11.2. The summed E-state index contributed by atoms with van der Waals surface area (Å²) in [6, 6.07) is 0. The molecule has 0 spiro atoms. The van der Waals surface area contributed by atoms with Crippen molar-refractivity contribution in [3.05, 3.63) is 11.4 Å². The number of carbonyl (C=O) groups excluding carboxylic acids is 2. The second kappa shape index (κ2) is 7.02. The average Bonchev–Trinajstić information content (AvgIpc) is 2.93. The molecule has 2 heterocycles. The lowest BCUT2D eigenvalue weighted by atomic mass is 10.1. The van der Waals surface area contributed by atoms with Crippen molar-refractivity contribution in [2.75, 3.05) is 18.4 Å². The lowest BCUT2D eigenvalue weighted by Crippen LogP contribution is -2.31. The molecule has 2 N–H and O–H groups in total. The number of carboxylic acid groups (broad SMARTS) is 1. The molecule has 0 aliphatic carbocycles. The average molecular weight is 336 g/mol. The number of aromatic nitrogens is 2. The summed E-state index contributed by atoms with van der Waals surface area (Å²) >= 11 is 0. The van der Waals surface area contributed by atoms with Gasteiger partial charge in [-0.2, -0.15) is 5.10 Å².